The maximum atomic E-state index is 12.9. The van der Waals surface area contributed by atoms with E-state index >= 15 is 0 Å². The van der Waals surface area contributed by atoms with Gasteiger partial charge in [0.15, 0.2) is 6.29 Å². The molecule has 0 radical (unpaired) electrons. The first-order valence-corrected chi connectivity index (χ1v) is 26.7. The summed E-state index contributed by atoms with van der Waals surface area (Å²) in [7, 11) is 0. The third-order valence-corrected chi connectivity index (χ3v) is 12.6. The van der Waals surface area contributed by atoms with Crippen LogP contribution in [0.2, 0.25) is 0 Å². The zero-order chi connectivity index (χ0) is 47.4. The van der Waals surface area contributed by atoms with Gasteiger partial charge in [0.2, 0.25) is 5.91 Å². The molecule has 11 heteroatoms. The van der Waals surface area contributed by atoms with Crippen LogP contribution in [0.15, 0.2) is 36.5 Å². The number of carbonyl (C=O) groups excluding carboxylic acids is 2. The molecule has 6 N–H and O–H groups in total. The Labute approximate surface area is 396 Å². The maximum Gasteiger partial charge on any atom is 0.305 e. The zero-order valence-corrected chi connectivity index (χ0v) is 41.4. The summed E-state index contributed by atoms with van der Waals surface area (Å²) in [5.41, 5.74) is 0. The molecule has 0 aromatic heterocycles. The van der Waals surface area contributed by atoms with Gasteiger partial charge < -0.3 is 45.1 Å². The van der Waals surface area contributed by atoms with Crippen LogP contribution in [0.3, 0.4) is 0 Å². The number of rotatable bonds is 45. The van der Waals surface area contributed by atoms with Crippen LogP contribution in [0.1, 0.15) is 232 Å². The van der Waals surface area contributed by atoms with Crippen LogP contribution in [0, 0.1) is 0 Å². The standard InChI is InChI=1S/C54H99NO10/c1-3-5-7-9-11-13-14-15-19-22-26-30-34-38-42-50(59)63-43-39-35-31-27-23-20-17-16-18-21-25-29-33-37-41-49(58)55-46(47(57)40-36-32-28-24-12-10-8-6-4-2)45-64-54-53(62)52(61)51(60)48(44-56)65-54/h4,6,12,24,36,40,46-48,51-54,56-57,60-62H,3,5,7-11,13-23,25-35,37-39,41-45H2,1-2H3,(H,55,58)/b6-4+,24-12+,40-36+. The monoisotopic (exact) mass is 922 g/mol. The SMILES string of the molecule is C/C=C/CC/C=C/CC/C=C/C(O)C(COC1OC(CO)C(O)C(O)C1O)NC(=O)CCCCCCCCCCCCCCCCOC(=O)CCCCCCCCCCCCCCCC. The van der Waals surface area contributed by atoms with Gasteiger partial charge in [-0.1, -0.05) is 204 Å². The largest absolute Gasteiger partial charge is 0.466 e. The minimum Gasteiger partial charge on any atom is -0.466 e. The summed E-state index contributed by atoms with van der Waals surface area (Å²) >= 11 is 0. The molecule has 1 aliphatic rings. The molecule has 0 saturated carbocycles. The fourth-order valence-corrected chi connectivity index (χ4v) is 8.30. The van der Waals surface area contributed by atoms with E-state index in [-0.39, 0.29) is 18.5 Å². The van der Waals surface area contributed by atoms with E-state index < -0.39 is 49.5 Å². The molecule has 0 bridgehead atoms. The van der Waals surface area contributed by atoms with Crippen LogP contribution in [0.5, 0.6) is 0 Å². The van der Waals surface area contributed by atoms with Crippen molar-refractivity contribution >= 4 is 11.9 Å². The van der Waals surface area contributed by atoms with Crippen molar-refractivity contribution in [2.75, 3.05) is 19.8 Å². The molecule has 1 saturated heterocycles. The molecular formula is C54H99NO10. The highest BCUT2D eigenvalue weighted by molar-refractivity contribution is 5.76. The van der Waals surface area contributed by atoms with Crippen LogP contribution in [0.4, 0.5) is 0 Å². The third kappa shape index (κ3) is 34.8. The fraction of sp³-hybridized carbons (Fsp3) is 0.852. The molecule has 0 aliphatic carbocycles. The topological polar surface area (TPSA) is 175 Å². The molecule has 1 amide bonds. The maximum absolute atomic E-state index is 12.9. The van der Waals surface area contributed by atoms with Crippen LogP contribution in [-0.2, 0) is 23.8 Å². The number of hydrogen-bond acceptors (Lipinski definition) is 10. The number of unbranched alkanes of at least 4 members (excludes halogenated alkanes) is 28. The smallest absolute Gasteiger partial charge is 0.305 e. The lowest BCUT2D eigenvalue weighted by atomic mass is 9.99. The lowest BCUT2D eigenvalue weighted by Gasteiger charge is -2.40. The van der Waals surface area contributed by atoms with Gasteiger partial charge >= 0.3 is 5.97 Å². The van der Waals surface area contributed by atoms with E-state index in [0.717, 1.165) is 70.6 Å². The van der Waals surface area contributed by atoms with Gasteiger partial charge in [-0.05, 0) is 51.9 Å². The van der Waals surface area contributed by atoms with E-state index in [9.17, 15) is 35.1 Å². The van der Waals surface area contributed by atoms with Gasteiger partial charge in [-0.2, -0.15) is 0 Å². The Balaban J connectivity index is 2.09. The molecule has 11 nitrogen and oxygen atoms in total. The highest BCUT2D eigenvalue weighted by Gasteiger charge is 2.44. The molecule has 1 heterocycles. The van der Waals surface area contributed by atoms with Crippen LogP contribution in [0.25, 0.3) is 0 Å². The molecular weight excluding hydrogens is 823 g/mol. The highest BCUT2D eigenvalue weighted by Crippen LogP contribution is 2.23. The Kier molecular flexibility index (Phi) is 41.6. The van der Waals surface area contributed by atoms with E-state index in [2.05, 4.69) is 30.5 Å². The van der Waals surface area contributed by atoms with Crippen LogP contribution >= 0.6 is 0 Å². The molecule has 380 valence electrons. The van der Waals surface area contributed by atoms with Gasteiger partial charge in [-0.3, -0.25) is 9.59 Å². The van der Waals surface area contributed by atoms with Gasteiger partial charge in [0.05, 0.1) is 32.0 Å². The minimum atomic E-state index is -1.58. The average molecular weight is 922 g/mol. The van der Waals surface area contributed by atoms with Crippen LogP contribution in [-0.4, -0.2) is 100 Å². The first-order valence-electron chi connectivity index (χ1n) is 26.7. The summed E-state index contributed by atoms with van der Waals surface area (Å²) in [6, 6.07) is -0.840. The third-order valence-electron chi connectivity index (χ3n) is 12.6. The Morgan fingerprint density at radius 1 is 0.585 bits per heavy atom. The second-order valence-electron chi connectivity index (χ2n) is 18.6. The Hall–Kier alpha value is -2.12. The van der Waals surface area contributed by atoms with E-state index in [1.807, 2.05) is 19.1 Å². The Morgan fingerprint density at radius 3 is 1.52 bits per heavy atom. The molecule has 0 spiro atoms. The predicted molar refractivity (Wildman–Crippen MR) is 264 cm³/mol. The van der Waals surface area contributed by atoms with Crippen molar-refractivity contribution in [2.45, 2.75) is 275 Å². The van der Waals surface area contributed by atoms with E-state index in [0.29, 0.717) is 25.9 Å². The summed E-state index contributed by atoms with van der Waals surface area (Å²) in [5, 5.41) is 54.0. The second-order valence-corrected chi connectivity index (χ2v) is 18.6. The predicted octanol–water partition coefficient (Wildman–Crippen LogP) is 11.2. The first kappa shape index (κ1) is 60.9. The number of nitrogens with one attached hydrogen (secondary N) is 1. The summed E-state index contributed by atoms with van der Waals surface area (Å²) in [6.07, 6.45) is 42.5. The average Bonchev–Trinajstić information content (AvgIpc) is 3.30. The lowest BCUT2D eigenvalue weighted by Crippen LogP contribution is -2.60. The molecule has 0 aromatic carbocycles. The van der Waals surface area contributed by atoms with Crippen molar-refractivity contribution in [2.24, 2.45) is 0 Å². The van der Waals surface area contributed by atoms with Gasteiger partial charge in [0, 0.05) is 12.8 Å². The normalized spacial score (nSPS) is 20.0. The van der Waals surface area contributed by atoms with Crippen molar-refractivity contribution in [3.63, 3.8) is 0 Å². The molecule has 7 unspecified atom stereocenters. The number of amides is 1. The molecule has 1 aliphatic heterocycles. The van der Waals surface area contributed by atoms with Gasteiger partial charge in [-0.15, -0.1) is 0 Å². The van der Waals surface area contributed by atoms with E-state index in [1.165, 1.54) is 128 Å². The van der Waals surface area contributed by atoms with Gasteiger partial charge in [-0.25, -0.2) is 0 Å². The molecule has 0 aromatic rings. The lowest BCUT2D eigenvalue weighted by molar-refractivity contribution is -0.302. The Morgan fingerprint density at radius 2 is 1.03 bits per heavy atom. The minimum absolute atomic E-state index is 0.0230. The van der Waals surface area contributed by atoms with Crippen molar-refractivity contribution in [1.29, 1.82) is 0 Å². The highest BCUT2D eigenvalue weighted by atomic mass is 16.7. The number of ether oxygens (including phenoxy) is 3. The van der Waals surface area contributed by atoms with Crippen molar-refractivity contribution < 1.29 is 49.3 Å². The van der Waals surface area contributed by atoms with Crippen molar-refractivity contribution in [1.82, 2.24) is 5.32 Å². The summed E-state index contributed by atoms with van der Waals surface area (Å²) in [5.74, 6) is -0.233. The number of hydrogen-bond donors (Lipinski definition) is 6. The summed E-state index contributed by atoms with van der Waals surface area (Å²) < 4.78 is 16.6. The van der Waals surface area contributed by atoms with Crippen molar-refractivity contribution in [3.8, 4) is 0 Å². The number of aliphatic hydroxyl groups is 5. The zero-order valence-electron chi connectivity index (χ0n) is 41.4. The van der Waals surface area contributed by atoms with E-state index in [1.54, 1.807) is 6.08 Å². The molecule has 1 fully saturated rings. The number of allylic oxidation sites excluding steroid dienone is 5. The van der Waals surface area contributed by atoms with Crippen molar-refractivity contribution in [3.05, 3.63) is 36.5 Å². The van der Waals surface area contributed by atoms with Crippen LogP contribution < -0.4 is 5.32 Å². The Bertz CT molecular complexity index is 1180. The second kappa shape index (κ2) is 44.4. The number of carbonyl (C=O) groups is 2. The number of esters is 1. The van der Waals surface area contributed by atoms with Gasteiger partial charge in [0.1, 0.15) is 24.4 Å². The molecule has 7 atom stereocenters. The fourth-order valence-electron chi connectivity index (χ4n) is 8.30. The summed E-state index contributed by atoms with van der Waals surface area (Å²) in [6.45, 7) is 4.04. The quantitative estimate of drug-likeness (QED) is 0.0196. The van der Waals surface area contributed by atoms with E-state index in [4.69, 9.17) is 14.2 Å². The first-order chi connectivity index (χ1) is 31.7. The number of aliphatic hydroxyl groups excluding tert-OH is 5. The van der Waals surface area contributed by atoms with Gasteiger partial charge in [0.25, 0.3) is 0 Å². The summed E-state index contributed by atoms with van der Waals surface area (Å²) in [4.78, 5) is 25.0. The molecule has 1 rings (SSSR count). The molecule has 65 heavy (non-hydrogen) atoms.